The summed E-state index contributed by atoms with van der Waals surface area (Å²) in [4.78, 5) is 0. The van der Waals surface area contributed by atoms with Crippen LogP contribution in [-0.4, -0.2) is 5.11 Å². The van der Waals surface area contributed by atoms with Crippen molar-refractivity contribution in [3.05, 3.63) is 58.7 Å². The number of hydrogen-bond donors (Lipinski definition) is 1. The van der Waals surface area contributed by atoms with E-state index in [0.29, 0.717) is 24.3 Å². The fraction of sp³-hybridized carbons (Fsp3) is 0.250. The monoisotopic (exact) mass is 404 g/mol. The summed E-state index contributed by atoms with van der Waals surface area (Å²) in [7, 11) is 0. The van der Waals surface area contributed by atoms with Gasteiger partial charge in [0, 0.05) is 11.6 Å². The summed E-state index contributed by atoms with van der Waals surface area (Å²) in [6.07, 6.45) is -15.0. The molecule has 2 aromatic rings. The van der Waals surface area contributed by atoms with Crippen LogP contribution in [0.15, 0.2) is 36.4 Å². The van der Waals surface area contributed by atoms with E-state index in [9.17, 15) is 44.6 Å². The van der Waals surface area contributed by atoms with Crippen molar-refractivity contribution >= 4 is 0 Å². The highest BCUT2D eigenvalue weighted by molar-refractivity contribution is 5.40. The minimum Gasteiger partial charge on any atom is -0.508 e. The minimum atomic E-state index is -5.14. The van der Waals surface area contributed by atoms with E-state index in [4.69, 9.17) is 4.74 Å². The normalized spacial score (nSPS) is 12.9. The number of hydrogen-bond acceptors (Lipinski definition) is 2. The Bertz CT molecular complexity index is 820. The van der Waals surface area contributed by atoms with Gasteiger partial charge in [0.1, 0.15) is 18.1 Å². The summed E-state index contributed by atoms with van der Waals surface area (Å²) >= 11 is 0. The molecule has 0 amide bonds. The second-order valence-corrected chi connectivity index (χ2v) is 5.37. The minimum absolute atomic E-state index is 0.109. The zero-order chi connectivity index (χ0) is 20.6. The summed E-state index contributed by atoms with van der Waals surface area (Å²) in [6.45, 7) is -0.965. The van der Waals surface area contributed by atoms with Crippen LogP contribution in [0.1, 0.15) is 22.3 Å². The third kappa shape index (κ3) is 5.20. The van der Waals surface area contributed by atoms with Gasteiger partial charge in [-0.05, 0) is 24.3 Å². The third-order valence-electron chi connectivity index (χ3n) is 3.36. The van der Waals surface area contributed by atoms with Gasteiger partial charge in [0.15, 0.2) is 0 Å². The fourth-order valence-corrected chi connectivity index (χ4v) is 2.13. The van der Waals surface area contributed by atoms with Crippen molar-refractivity contribution in [1.29, 1.82) is 0 Å². The molecule has 0 spiro atoms. The summed E-state index contributed by atoms with van der Waals surface area (Å²) in [6, 6.07) is 2.37. The first-order valence-corrected chi connectivity index (χ1v) is 6.99. The Morgan fingerprint density at radius 2 is 1.30 bits per heavy atom. The Hall–Kier alpha value is -2.59. The fourth-order valence-electron chi connectivity index (χ4n) is 2.13. The maximum atomic E-state index is 13.0. The van der Waals surface area contributed by atoms with Gasteiger partial charge in [0.25, 0.3) is 0 Å². The van der Waals surface area contributed by atoms with E-state index in [0.717, 1.165) is 6.07 Å². The molecule has 0 heterocycles. The number of phenols is 1. The average Bonchev–Trinajstić information content (AvgIpc) is 2.49. The second kappa shape index (κ2) is 6.86. The van der Waals surface area contributed by atoms with Gasteiger partial charge < -0.3 is 9.84 Å². The molecule has 0 aliphatic heterocycles. The molecule has 0 saturated heterocycles. The predicted molar refractivity (Wildman–Crippen MR) is 73.9 cm³/mol. The molecule has 27 heavy (non-hydrogen) atoms. The van der Waals surface area contributed by atoms with Crippen LogP contribution >= 0.6 is 0 Å². The molecule has 0 bridgehead atoms. The van der Waals surface area contributed by atoms with Crippen molar-refractivity contribution in [2.24, 2.45) is 0 Å². The Labute approximate surface area is 145 Å². The lowest BCUT2D eigenvalue weighted by molar-refractivity contribution is -0.143. The quantitative estimate of drug-likeness (QED) is 0.634. The van der Waals surface area contributed by atoms with Gasteiger partial charge >= 0.3 is 18.5 Å². The van der Waals surface area contributed by atoms with Crippen LogP contribution in [0.5, 0.6) is 11.5 Å². The van der Waals surface area contributed by atoms with E-state index in [-0.39, 0.29) is 6.07 Å². The summed E-state index contributed by atoms with van der Waals surface area (Å²) in [5.74, 6) is -1.45. The highest BCUT2D eigenvalue weighted by Gasteiger charge is 2.38. The maximum Gasteiger partial charge on any atom is 0.416 e. The topological polar surface area (TPSA) is 29.5 Å². The number of ether oxygens (including phenoxy) is 1. The summed E-state index contributed by atoms with van der Waals surface area (Å²) < 4.78 is 120. The molecule has 0 aliphatic carbocycles. The molecule has 0 unspecified atom stereocenters. The van der Waals surface area contributed by atoms with E-state index in [1.165, 1.54) is 0 Å². The van der Waals surface area contributed by atoms with Gasteiger partial charge in [-0.15, -0.1) is 0 Å². The molecular weight excluding hydrogens is 395 g/mol. The van der Waals surface area contributed by atoms with Crippen LogP contribution in [0, 0.1) is 0 Å². The number of aromatic hydroxyl groups is 1. The van der Waals surface area contributed by atoms with E-state index >= 15 is 0 Å². The molecule has 0 saturated carbocycles. The smallest absolute Gasteiger partial charge is 0.416 e. The predicted octanol–water partition coefficient (Wildman–Crippen LogP) is 6.03. The molecule has 0 atom stereocenters. The molecule has 0 radical (unpaired) electrons. The van der Waals surface area contributed by atoms with E-state index in [1.807, 2.05) is 0 Å². The molecule has 1 N–H and O–H groups in total. The first-order chi connectivity index (χ1) is 12.2. The van der Waals surface area contributed by atoms with E-state index in [1.54, 1.807) is 0 Å². The Balaban J connectivity index is 2.34. The molecule has 148 valence electrons. The Morgan fingerprint density at radius 3 is 1.81 bits per heavy atom. The number of halogens is 9. The first-order valence-electron chi connectivity index (χ1n) is 6.99. The van der Waals surface area contributed by atoms with Crippen molar-refractivity contribution in [2.75, 3.05) is 0 Å². The van der Waals surface area contributed by atoms with Gasteiger partial charge in [-0.3, -0.25) is 0 Å². The van der Waals surface area contributed by atoms with E-state index in [2.05, 4.69) is 0 Å². The number of phenolic OH excluding ortho intramolecular Hbond substituents is 1. The molecule has 11 heteroatoms. The van der Waals surface area contributed by atoms with Crippen LogP contribution in [0.25, 0.3) is 0 Å². The highest BCUT2D eigenvalue weighted by Crippen LogP contribution is 2.38. The molecule has 0 aliphatic rings. The van der Waals surface area contributed by atoms with Crippen LogP contribution < -0.4 is 4.74 Å². The highest BCUT2D eigenvalue weighted by atomic mass is 19.4. The van der Waals surface area contributed by atoms with Crippen LogP contribution in [-0.2, 0) is 25.1 Å². The van der Waals surface area contributed by atoms with Gasteiger partial charge in [-0.25, -0.2) is 0 Å². The first kappa shape index (κ1) is 20.7. The zero-order valence-corrected chi connectivity index (χ0v) is 12.9. The second-order valence-electron chi connectivity index (χ2n) is 5.37. The number of alkyl halides is 9. The lowest BCUT2D eigenvalue weighted by Crippen LogP contribution is -2.14. The average molecular weight is 404 g/mol. The lowest BCUT2D eigenvalue weighted by atomic mass is 10.0. The molecule has 2 rings (SSSR count). The summed E-state index contributed by atoms with van der Waals surface area (Å²) in [5.41, 5.74) is -5.18. The maximum absolute atomic E-state index is 13.0. The van der Waals surface area contributed by atoms with Gasteiger partial charge in [-0.1, -0.05) is 6.07 Å². The van der Waals surface area contributed by atoms with Crippen molar-refractivity contribution in [2.45, 2.75) is 25.1 Å². The molecule has 0 fully saturated rings. The third-order valence-corrected chi connectivity index (χ3v) is 3.36. The van der Waals surface area contributed by atoms with E-state index < -0.39 is 58.9 Å². The van der Waals surface area contributed by atoms with Crippen molar-refractivity contribution in [3.8, 4) is 11.5 Å². The molecule has 2 aromatic carbocycles. The SMILES string of the molecule is Oc1cc(OCc2ccc(C(F)(F)F)cc2C(F)(F)F)cc(C(F)(F)F)c1. The number of rotatable bonds is 3. The van der Waals surface area contributed by atoms with Crippen molar-refractivity contribution in [1.82, 2.24) is 0 Å². The largest absolute Gasteiger partial charge is 0.508 e. The summed E-state index contributed by atoms with van der Waals surface area (Å²) in [5, 5.41) is 9.28. The number of benzene rings is 2. The van der Waals surface area contributed by atoms with Gasteiger partial charge in [-0.2, -0.15) is 39.5 Å². The van der Waals surface area contributed by atoms with Gasteiger partial charge in [0.2, 0.25) is 0 Å². The van der Waals surface area contributed by atoms with Crippen LogP contribution in [0.4, 0.5) is 39.5 Å². The molecule has 0 aromatic heterocycles. The van der Waals surface area contributed by atoms with Crippen LogP contribution in [0.2, 0.25) is 0 Å². The van der Waals surface area contributed by atoms with Crippen molar-refractivity contribution < 1.29 is 49.4 Å². The zero-order valence-electron chi connectivity index (χ0n) is 12.9. The van der Waals surface area contributed by atoms with Gasteiger partial charge in [0.05, 0.1) is 16.7 Å². The Morgan fingerprint density at radius 1 is 0.704 bits per heavy atom. The van der Waals surface area contributed by atoms with Crippen LogP contribution in [0.3, 0.4) is 0 Å². The Kier molecular flexibility index (Phi) is 5.26. The molecular formula is C16H9F9O2. The van der Waals surface area contributed by atoms with Crippen molar-refractivity contribution in [3.63, 3.8) is 0 Å². The lowest BCUT2D eigenvalue weighted by Gasteiger charge is -2.17. The molecule has 2 nitrogen and oxygen atoms in total. The standard InChI is InChI=1S/C16H9F9O2/c17-14(18,19)9-2-1-8(13(5-9)16(23,24)25)7-27-12-4-10(15(20,21)22)3-11(26)6-12/h1-6,26H,7H2.